The molecule has 0 atom stereocenters. The van der Waals surface area contributed by atoms with Crippen LogP contribution in [0.1, 0.15) is 0 Å². The van der Waals surface area contributed by atoms with E-state index < -0.39 is 0 Å². The van der Waals surface area contributed by atoms with Crippen LogP contribution >= 0.6 is 11.3 Å². The van der Waals surface area contributed by atoms with E-state index in [4.69, 9.17) is 0 Å². The fraction of sp³-hybridized carbons (Fsp3) is 0. The Bertz CT molecular complexity index is 1180. The van der Waals surface area contributed by atoms with E-state index in [0.717, 1.165) is 10.1 Å². The molecule has 1 aromatic heterocycles. The number of thiophene rings is 1. The van der Waals surface area contributed by atoms with Crippen LogP contribution in [-0.4, -0.2) is 0 Å². The number of fused-ring (bicyclic) bond motifs is 5. The lowest BCUT2D eigenvalue weighted by Gasteiger charge is -2.01. The summed E-state index contributed by atoms with van der Waals surface area (Å²) < 4.78 is 16.4. The van der Waals surface area contributed by atoms with Crippen molar-refractivity contribution in [2.24, 2.45) is 0 Å². The van der Waals surface area contributed by atoms with E-state index in [1.165, 1.54) is 32.3 Å². The van der Waals surface area contributed by atoms with Gasteiger partial charge in [0, 0.05) is 25.6 Å². The van der Waals surface area contributed by atoms with Gasteiger partial charge in [-0.3, -0.25) is 0 Å². The molecule has 4 aromatic carbocycles. The molecule has 0 amide bonds. The summed E-state index contributed by atoms with van der Waals surface area (Å²) in [5.74, 6) is -0.151. The van der Waals surface area contributed by atoms with Gasteiger partial charge in [-0.1, -0.05) is 36.4 Å². The first kappa shape index (κ1) is 12.1. The zero-order chi connectivity index (χ0) is 14.7. The lowest BCUT2D eigenvalue weighted by atomic mass is 10.0. The van der Waals surface area contributed by atoms with Crippen LogP contribution in [0.5, 0.6) is 0 Å². The van der Waals surface area contributed by atoms with Gasteiger partial charge in [0.2, 0.25) is 0 Å². The highest BCUT2D eigenvalue weighted by Crippen LogP contribution is 2.38. The molecule has 0 fully saturated rings. The number of hydrogen-bond donors (Lipinski definition) is 0. The van der Waals surface area contributed by atoms with Crippen molar-refractivity contribution in [2.75, 3.05) is 0 Å². The van der Waals surface area contributed by atoms with Crippen LogP contribution in [0.3, 0.4) is 0 Å². The van der Waals surface area contributed by atoms with Crippen molar-refractivity contribution in [2.45, 2.75) is 0 Å². The minimum Gasteiger partial charge on any atom is -0.206 e. The fourth-order valence-corrected chi connectivity index (χ4v) is 4.35. The molecule has 0 aliphatic rings. The summed E-state index contributed by atoms with van der Waals surface area (Å²) in [5.41, 5.74) is 0. The van der Waals surface area contributed by atoms with E-state index in [-0.39, 0.29) is 5.82 Å². The summed E-state index contributed by atoms with van der Waals surface area (Å²) in [6.07, 6.45) is 0. The molecule has 0 N–H and O–H groups in total. The van der Waals surface area contributed by atoms with Gasteiger partial charge in [0.15, 0.2) is 0 Å². The molecule has 0 nitrogen and oxygen atoms in total. The summed E-state index contributed by atoms with van der Waals surface area (Å²) in [6, 6.07) is 22.2. The van der Waals surface area contributed by atoms with E-state index in [1.54, 1.807) is 17.4 Å². The Labute approximate surface area is 130 Å². The summed E-state index contributed by atoms with van der Waals surface area (Å²) in [6.45, 7) is 0. The third kappa shape index (κ3) is 1.62. The van der Waals surface area contributed by atoms with Crippen LogP contribution in [0, 0.1) is 5.82 Å². The second-order valence-corrected chi connectivity index (χ2v) is 6.69. The van der Waals surface area contributed by atoms with Crippen molar-refractivity contribution >= 4 is 53.1 Å². The monoisotopic (exact) mass is 302 g/mol. The Balaban J connectivity index is 2.00. The van der Waals surface area contributed by atoms with Gasteiger partial charge in [0.1, 0.15) is 5.82 Å². The van der Waals surface area contributed by atoms with Gasteiger partial charge in [0.05, 0.1) is 0 Å². The fourth-order valence-electron chi connectivity index (χ4n) is 3.20. The molecule has 0 bridgehead atoms. The molecule has 0 saturated carbocycles. The van der Waals surface area contributed by atoms with Gasteiger partial charge in [-0.25, -0.2) is 4.39 Å². The van der Waals surface area contributed by atoms with Crippen molar-refractivity contribution in [3.05, 3.63) is 72.5 Å². The Morgan fingerprint density at radius 3 is 2.05 bits per heavy atom. The lowest BCUT2D eigenvalue weighted by molar-refractivity contribution is 0.640. The Morgan fingerprint density at radius 1 is 0.591 bits per heavy atom. The van der Waals surface area contributed by atoms with Crippen molar-refractivity contribution in [1.82, 2.24) is 0 Å². The third-order valence-electron chi connectivity index (χ3n) is 4.29. The highest BCUT2D eigenvalue weighted by atomic mass is 32.1. The molecule has 104 valence electrons. The van der Waals surface area contributed by atoms with E-state index in [9.17, 15) is 4.39 Å². The highest BCUT2D eigenvalue weighted by Gasteiger charge is 2.09. The van der Waals surface area contributed by atoms with Gasteiger partial charge in [0.25, 0.3) is 0 Å². The molecule has 0 aliphatic heterocycles. The van der Waals surface area contributed by atoms with E-state index in [1.807, 2.05) is 12.1 Å². The summed E-state index contributed by atoms with van der Waals surface area (Å²) in [5, 5.41) is 6.62. The molecule has 2 heteroatoms. The maximum Gasteiger partial charge on any atom is 0.131 e. The molecule has 0 saturated heterocycles. The minimum absolute atomic E-state index is 0.151. The highest BCUT2D eigenvalue weighted by molar-refractivity contribution is 7.26. The van der Waals surface area contributed by atoms with E-state index in [2.05, 4.69) is 42.5 Å². The zero-order valence-electron chi connectivity index (χ0n) is 11.6. The van der Waals surface area contributed by atoms with Crippen molar-refractivity contribution in [3.63, 3.8) is 0 Å². The molecule has 5 rings (SSSR count). The largest absolute Gasteiger partial charge is 0.206 e. The Morgan fingerprint density at radius 2 is 1.23 bits per heavy atom. The molecule has 0 spiro atoms. The molecule has 0 radical (unpaired) electrons. The first-order valence-electron chi connectivity index (χ1n) is 7.23. The van der Waals surface area contributed by atoms with Gasteiger partial charge < -0.3 is 0 Å². The second-order valence-electron chi connectivity index (χ2n) is 5.61. The number of halogens is 1. The summed E-state index contributed by atoms with van der Waals surface area (Å²) >= 11 is 1.73. The number of benzene rings is 4. The molecular weight excluding hydrogens is 291 g/mol. The van der Waals surface area contributed by atoms with Crippen LogP contribution in [0.15, 0.2) is 66.7 Å². The Hall–Kier alpha value is -2.45. The number of rotatable bonds is 0. The standard InChI is InChI=1S/C20H11FS/c21-18-7-3-6-14-9-17-16-8-12-4-1-2-5-13(12)10-19(16)22-20(17)11-15(14)18/h1-11H. The van der Waals surface area contributed by atoms with Gasteiger partial charge in [-0.15, -0.1) is 11.3 Å². The normalized spacial score (nSPS) is 11.9. The Kier molecular flexibility index (Phi) is 2.36. The predicted octanol–water partition coefficient (Wildman–Crippen LogP) is 6.50. The molecule has 22 heavy (non-hydrogen) atoms. The van der Waals surface area contributed by atoms with Crippen LogP contribution in [0.4, 0.5) is 4.39 Å². The van der Waals surface area contributed by atoms with Gasteiger partial charge in [-0.05, 0) is 46.5 Å². The third-order valence-corrected chi connectivity index (χ3v) is 5.40. The zero-order valence-corrected chi connectivity index (χ0v) is 12.5. The quantitative estimate of drug-likeness (QED) is 0.306. The molecule has 1 heterocycles. The first-order chi connectivity index (χ1) is 10.8. The predicted molar refractivity (Wildman–Crippen MR) is 94.3 cm³/mol. The van der Waals surface area contributed by atoms with Crippen LogP contribution in [0.25, 0.3) is 41.7 Å². The molecular formula is C20H11FS. The van der Waals surface area contributed by atoms with E-state index in [0.29, 0.717) is 5.39 Å². The van der Waals surface area contributed by atoms with E-state index >= 15 is 0 Å². The van der Waals surface area contributed by atoms with Crippen LogP contribution in [-0.2, 0) is 0 Å². The average Bonchev–Trinajstić information content (AvgIpc) is 2.88. The first-order valence-corrected chi connectivity index (χ1v) is 8.04. The smallest absolute Gasteiger partial charge is 0.131 e. The summed E-state index contributed by atoms with van der Waals surface area (Å²) in [7, 11) is 0. The lowest BCUT2D eigenvalue weighted by Crippen LogP contribution is -1.78. The topological polar surface area (TPSA) is 0 Å². The van der Waals surface area contributed by atoms with Gasteiger partial charge in [-0.2, -0.15) is 0 Å². The van der Waals surface area contributed by atoms with Crippen LogP contribution < -0.4 is 0 Å². The number of hydrogen-bond acceptors (Lipinski definition) is 1. The SMILES string of the molecule is Fc1cccc2cc3c(cc12)sc1cc2ccccc2cc13. The maximum absolute atomic E-state index is 14.0. The average molecular weight is 302 g/mol. The van der Waals surface area contributed by atoms with Crippen molar-refractivity contribution < 1.29 is 4.39 Å². The molecule has 0 aliphatic carbocycles. The van der Waals surface area contributed by atoms with Gasteiger partial charge >= 0.3 is 0 Å². The molecule has 5 aromatic rings. The summed E-state index contributed by atoms with van der Waals surface area (Å²) in [4.78, 5) is 0. The maximum atomic E-state index is 14.0. The molecule has 0 unspecified atom stereocenters. The van der Waals surface area contributed by atoms with Crippen LogP contribution in [0.2, 0.25) is 0 Å². The van der Waals surface area contributed by atoms with Crippen molar-refractivity contribution in [3.8, 4) is 0 Å². The van der Waals surface area contributed by atoms with Crippen molar-refractivity contribution in [1.29, 1.82) is 0 Å². The second kappa shape index (κ2) is 4.28. The minimum atomic E-state index is -0.151.